The Morgan fingerprint density at radius 3 is 2.70 bits per heavy atom. The average molecular weight is 299 g/mol. The standard InChI is InChI=1S/C11H12ClFN6O/c1-6-7(10(13)19(3)17-6)4-14-16-11(20)9-8(12)5-15-18(9)2/h4-5H,1-3H3,(H,16,20)/b14-4+. The fourth-order valence-electron chi connectivity index (χ4n) is 1.67. The van der Waals surface area contributed by atoms with Crippen LogP contribution in [0.25, 0.3) is 0 Å². The van der Waals surface area contributed by atoms with Crippen LogP contribution in [0.5, 0.6) is 0 Å². The Morgan fingerprint density at radius 2 is 2.20 bits per heavy atom. The minimum absolute atomic E-state index is 0.173. The first-order valence-corrected chi connectivity index (χ1v) is 5.99. The molecule has 0 atom stereocenters. The molecule has 0 fully saturated rings. The van der Waals surface area contributed by atoms with Crippen LogP contribution in [0, 0.1) is 12.9 Å². The molecule has 0 aliphatic carbocycles. The topological polar surface area (TPSA) is 77.1 Å². The zero-order chi connectivity index (χ0) is 14.9. The van der Waals surface area contributed by atoms with Gasteiger partial charge in [0.25, 0.3) is 5.91 Å². The summed E-state index contributed by atoms with van der Waals surface area (Å²) in [5, 5.41) is 11.6. The highest BCUT2D eigenvalue weighted by Gasteiger charge is 2.15. The first-order chi connectivity index (χ1) is 9.41. The van der Waals surface area contributed by atoms with E-state index in [0.29, 0.717) is 5.69 Å². The number of aryl methyl sites for hydroxylation is 3. The number of rotatable bonds is 3. The summed E-state index contributed by atoms with van der Waals surface area (Å²) in [5.41, 5.74) is 3.12. The minimum atomic E-state index is -0.534. The van der Waals surface area contributed by atoms with Gasteiger partial charge in [0.1, 0.15) is 5.69 Å². The van der Waals surface area contributed by atoms with Crippen molar-refractivity contribution in [2.75, 3.05) is 0 Å². The summed E-state index contributed by atoms with van der Waals surface area (Å²) < 4.78 is 16.0. The molecule has 0 saturated carbocycles. The van der Waals surface area contributed by atoms with E-state index in [9.17, 15) is 9.18 Å². The quantitative estimate of drug-likeness (QED) is 0.679. The summed E-state index contributed by atoms with van der Waals surface area (Å²) in [6.07, 6.45) is 2.55. The molecule has 20 heavy (non-hydrogen) atoms. The third-order valence-electron chi connectivity index (χ3n) is 2.67. The Bertz CT molecular complexity index is 670. The molecule has 0 unspecified atom stereocenters. The van der Waals surface area contributed by atoms with Crippen molar-refractivity contribution in [1.82, 2.24) is 25.0 Å². The summed E-state index contributed by atoms with van der Waals surface area (Å²) in [7, 11) is 3.06. The molecule has 0 spiro atoms. The van der Waals surface area contributed by atoms with Gasteiger partial charge in [-0.25, -0.2) is 10.1 Å². The Kier molecular flexibility index (Phi) is 3.84. The van der Waals surface area contributed by atoms with E-state index in [-0.39, 0.29) is 16.3 Å². The normalized spacial score (nSPS) is 11.2. The summed E-state index contributed by atoms with van der Waals surface area (Å²) in [5.74, 6) is -1.06. The Hall–Kier alpha value is -2.22. The third kappa shape index (κ3) is 2.55. The van der Waals surface area contributed by atoms with E-state index in [1.54, 1.807) is 14.0 Å². The van der Waals surface area contributed by atoms with E-state index in [2.05, 4.69) is 20.7 Å². The Balaban J connectivity index is 2.13. The second-order valence-corrected chi connectivity index (χ2v) is 4.48. The van der Waals surface area contributed by atoms with Gasteiger partial charge in [0.15, 0.2) is 0 Å². The van der Waals surface area contributed by atoms with Crippen molar-refractivity contribution in [3.8, 4) is 0 Å². The van der Waals surface area contributed by atoms with Gasteiger partial charge in [0.05, 0.1) is 28.7 Å². The molecule has 106 valence electrons. The highest BCUT2D eigenvalue weighted by atomic mass is 35.5. The highest BCUT2D eigenvalue weighted by Crippen LogP contribution is 2.13. The van der Waals surface area contributed by atoms with Gasteiger partial charge in [-0.05, 0) is 6.92 Å². The lowest BCUT2D eigenvalue weighted by Gasteiger charge is -2.00. The maximum Gasteiger partial charge on any atom is 0.291 e. The zero-order valence-electron chi connectivity index (χ0n) is 11.1. The molecular weight excluding hydrogens is 287 g/mol. The lowest BCUT2D eigenvalue weighted by Crippen LogP contribution is -2.21. The third-order valence-corrected chi connectivity index (χ3v) is 2.94. The van der Waals surface area contributed by atoms with E-state index in [4.69, 9.17) is 11.6 Å². The van der Waals surface area contributed by atoms with Gasteiger partial charge >= 0.3 is 0 Å². The van der Waals surface area contributed by atoms with E-state index >= 15 is 0 Å². The SMILES string of the molecule is Cc1nn(C)c(F)c1/C=N/NC(=O)c1c(Cl)cnn1C. The highest BCUT2D eigenvalue weighted by molar-refractivity contribution is 6.33. The largest absolute Gasteiger partial charge is 0.291 e. The van der Waals surface area contributed by atoms with Gasteiger partial charge in [-0.1, -0.05) is 11.6 Å². The van der Waals surface area contributed by atoms with Gasteiger partial charge in [0, 0.05) is 14.1 Å². The molecule has 0 aromatic carbocycles. The van der Waals surface area contributed by atoms with E-state index in [0.717, 1.165) is 4.68 Å². The van der Waals surface area contributed by atoms with Crippen LogP contribution in [-0.4, -0.2) is 31.7 Å². The lowest BCUT2D eigenvalue weighted by atomic mass is 10.3. The first-order valence-electron chi connectivity index (χ1n) is 5.61. The van der Waals surface area contributed by atoms with Crippen molar-refractivity contribution in [2.45, 2.75) is 6.92 Å². The molecule has 0 aliphatic heterocycles. The second-order valence-electron chi connectivity index (χ2n) is 4.08. The van der Waals surface area contributed by atoms with Gasteiger partial charge in [-0.15, -0.1) is 0 Å². The second kappa shape index (κ2) is 5.41. The van der Waals surface area contributed by atoms with Crippen molar-refractivity contribution in [3.63, 3.8) is 0 Å². The molecule has 0 aliphatic rings. The van der Waals surface area contributed by atoms with Crippen LogP contribution in [0.1, 0.15) is 21.7 Å². The molecule has 7 nitrogen and oxygen atoms in total. The maximum absolute atomic E-state index is 13.6. The number of nitrogens with one attached hydrogen (secondary N) is 1. The van der Waals surface area contributed by atoms with Crippen molar-refractivity contribution in [1.29, 1.82) is 0 Å². The van der Waals surface area contributed by atoms with Crippen LogP contribution in [0.15, 0.2) is 11.3 Å². The minimum Gasteiger partial charge on any atom is -0.266 e. The molecule has 2 heterocycles. The van der Waals surface area contributed by atoms with Crippen LogP contribution in [0.4, 0.5) is 4.39 Å². The molecule has 1 N–H and O–H groups in total. The lowest BCUT2D eigenvalue weighted by molar-refractivity contribution is 0.0946. The Labute approximate surface area is 119 Å². The number of carbonyl (C=O) groups is 1. The number of hydrogen-bond acceptors (Lipinski definition) is 4. The van der Waals surface area contributed by atoms with Crippen LogP contribution in [0.3, 0.4) is 0 Å². The first kappa shape index (κ1) is 14.2. The van der Waals surface area contributed by atoms with E-state index < -0.39 is 11.9 Å². The smallest absolute Gasteiger partial charge is 0.266 e. The number of amides is 1. The molecular formula is C11H12ClFN6O. The number of nitrogens with zero attached hydrogens (tertiary/aromatic N) is 5. The predicted octanol–water partition coefficient (Wildman–Crippen LogP) is 1.02. The van der Waals surface area contributed by atoms with Crippen molar-refractivity contribution in [3.05, 3.63) is 34.1 Å². The molecule has 2 rings (SSSR count). The molecule has 2 aromatic heterocycles. The number of carbonyl (C=O) groups excluding carboxylic acids is 1. The molecule has 0 radical (unpaired) electrons. The van der Waals surface area contributed by atoms with Gasteiger partial charge in [0.2, 0.25) is 5.95 Å². The van der Waals surface area contributed by atoms with E-state index in [1.807, 2.05) is 0 Å². The fourth-order valence-corrected chi connectivity index (χ4v) is 1.92. The summed E-state index contributed by atoms with van der Waals surface area (Å²) in [6, 6.07) is 0. The summed E-state index contributed by atoms with van der Waals surface area (Å²) >= 11 is 5.82. The van der Waals surface area contributed by atoms with Crippen LogP contribution in [-0.2, 0) is 14.1 Å². The van der Waals surface area contributed by atoms with E-state index in [1.165, 1.54) is 24.1 Å². The molecule has 0 bridgehead atoms. The van der Waals surface area contributed by atoms with Gasteiger partial charge in [-0.2, -0.15) is 19.7 Å². The molecule has 1 amide bonds. The molecule has 2 aromatic rings. The van der Waals surface area contributed by atoms with Gasteiger partial charge < -0.3 is 0 Å². The predicted molar refractivity (Wildman–Crippen MR) is 71.2 cm³/mol. The van der Waals surface area contributed by atoms with Crippen molar-refractivity contribution < 1.29 is 9.18 Å². The number of halogens is 2. The summed E-state index contributed by atoms with van der Waals surface area (Å²) in [4.78, 5) is 11.8. The maximum atomic E-state index is 13.6. The monoisotopic (exact) mass is 298 g/mol. The number of hydrogen-bond donors (Lipinski definition) is 1. The number of hydrazone groups is 1. The summed E-state index contributed by atoms with van der Waals surface area (Å²) in [6.45, 7) is 1.64. The number of aromatic nitrogens is 4. The Morgan fingerprint density at radius 1 is 1.50 bits per heavy atom. The van der Waals surface area contributed by atoms with Crippen LogP contribution in [0.2, 0.25) is 5.02 Å². The van der Waals surface area contributed by atoms with Crippen LogP contribution >= 0.6 is 11.6 Å². The van der Waals surface area contributed by atoms with Crippen LogP contribution < -0.4 is 5.43 Å². The molecule has 0 saturated heterocycles. The zero-order valence-corrected chi connectivity index (χ0v) is 11.8. The van der Waals surface area contributed by atoms with Gasteiger partial charge in [-0.3, -0.25) is 9.48 Å². The fraction of sp³-hybridized carbons (Fsp3) is 0.273. The average Bonchev–Trinajstić information content (AvgIpc) is 2.83. The van der Waals surface area contributed by atoms with Crippen molar-refractivity contribution in [2.24, 2.45) is 19.2 Å². The van der Waals surface area contributed by atoms with Crippen molar-refractivity contribution >= 4 is 23.7 Å². The molecule has 9 heteroatoms.